The summed E-state index contributed by atoms with van der Waals surface area (Å²) >= 11 is 0. The maximum atomic E-state index is 13.0. The molecule has 1 aromatic heterocycles. The SMILES string of the molecule is C=CC(C)(CCC=C(C)C)c1ccc2c3c(c[nH]c13)C(CO)NC(=O)C(C(C)C)N2C. The van der Waals surface area contributed by atoms with Gasteiger partial charge in [-0.3, -0.25) is 4.79 Å². The molecule has 3 atom stereocenters. The van der Waals surface area contributed by atoms with Gasteiger partial charge in [0.2, 0.25) is 5.91 Å². The Hall–Kier alpha value is -2.53. The van der Waals surface area contributed by atoms with Gasteiger partial charge in [-0.1, -0.05) is 44.6 Å². The van der Waals surface area contributed by atoms with Gasteiger partial charge in [0.05, 0.1) is 18.2 Å². The summed E-state index contributed by atoms with van der Waals surface area (Å²) in [5.74, 6) is 0.0698. The Morgan fingerprint density at radius 3 is 2.65 bits per heavy atom. The average Bonchev–Trinajstić information content (AvgIpc) is 3.14. The number of nitrogens with one attached hydrogen (secondary N) is 2. The van der Waals surface area contributed by atoms with Crippen molar-refractivity contribution in [1.82, 2.24) is 10.3 Å². The molecule has 168 valence electrons. The fourth-order valence-corrected chi connectivity index (χ4v) is 4.86. The number of aromatic amines is 1. The van der Waals surface area contributed by atoms with Crippen LogP contribution in [0.15, 0.2) is 42.6 Å². The number of likely N-dealkylation sites (N-methyl/N-ethyl adjacent to an activating group) is 1. The van der Waals surface area contributed by atoms with Crippen LogP contribution in [-0.4, -0.2) is 35.7 Å². The van der Waals surface area contributed by atoms with Crippen LogP contribution in [0.1, 0.15) is 64.6 Å². The van der Waals surface area contributed by atoms with Crippen molar-refractivity contribution in [1.29, 1.82) is 0 Å². The van der Waals surface area contributed by atoms with Crippen LogP contribution in [0, 0.1) is 5.92 Å². The predicted octanol–water partition coefficient (Wildman–Crippen LogP) is 4.98. The minimum Gasteiger partial charge on any atom is -0.394 e. The van der Waals surface area contributed by atoms with E-state index in [9.17, 15) is 9.90 Å². The molecule has 0 saturated heterocycles. The highest BCUT2D eigenvalue weighted by Crippen LogP contribution is 2.42. The number of allylic oxidation sites excluding steroid dienone is 3. The highest BCUT2D eigenvalue weighted by atomic mass is 16.3. The Kier molecular flexibility index (Phi) is 6.65. The minimum absolute atomic E-state index is 0.0571. The van der Waals surface area contributed by atoms with Crippen molar-refractivity contribution < 1.29 is 9.90 Å². The number of carbonyl (C=O) groups is 1. The molecule has 1 aromatic carbocycles. The maximum absolute atomic E-state index is 13.0. The largest absolute Gasteiger partial charge is 0.394 e. The van der Waals surface area contributed by atoms with E-state index < -0.39 is 6.04 Å². The molecular formula is C26H37N3O2. The monoisotopic (exact) mass is 423 g/mol. The molecule has 1 aliphatic heterocycles. The van der Waals surface area contributed by atoms with Crippen LogP contribution in [0.5, 0.6) is 0 Å². The van der Waals surface area contributed by atoms with Crippen LogP contribution in [0.3, 0.4) is 0 Å². The van der Waals surface area contributed by atoms with Crippen LogP contribution in [0.2, 0.25) is 0 Å². The molecule has 5 nitrogen and oxygen atoms in total. The van der Waals surface area contributed by atoms with E-state index in [1.165, 1.54) is 11.1 Å². The molecule has 0 spiro atoms. The second kappa shape index (κ2) is 8.91. The first-order chi connectivity index (χ1) is 14.6. The van der Waals surface area contributed by atoms with E-state index in [1.807, 2.05) is 19.3 Å². The van der Waals surface area contributed by atoms with Crippen LogP contribution in [0.25, 0.3) is 10.9 Å². The Labute approximate surface area is 186 Å². The smallest absolute Gasteiger partial charge is 0.243 e. The predicted molar refractivity (Wildman–Crippen MR) is 130 cm³/mol. The van der Waals surface area contributed by atoms with Gasteiger partial charge in [-0.2, -0.15) is 0 Å². The van der Waals surface area contributed by atoms with Gasteiger partial charge in [0.1, 0.15) is 6.04 Å². The number of carbonyl (C=O) groups excluding carboxylic acids is 1. The van der Waals surface area contributed by atoms with Gasteiger partial charge in [0, 0.05) is 35.3 Å². The number of benzene rings is 1. The van der Waals surface area contributed by atoms with Crippen molar-refractivity contribution in [2.45, 2.75) is 65.0 Å². The lowest BCUT2D eigenvalue weighted by molar-refractivity contribution is -0.124. The Morgan fingerprint density at radius 2 is 2.06 bits per heavy atom. The minimum atomic E-state index is -0.439. The number of rotatable bonds is 7. The second-order valence-electron chi connectivity index (χ2n) is 9.61. The van der Waals surface area contributed by atoms with Crippen LogP contribution in [-0.2, 0) is 10.2 Å². The molecule has 31 heavy (non-hydrogen) atoms. The molecule has 0 saturated carbocycles. The van der Waals surface area contributed by atoms with Crippen LogP contribution >= 0.6 is 0 Å². The van der Waals surface area contributed by atoms with Gasteiger partial charge >= 0.3 is 0 Å². The molecule has 5 heteroatoms. The molecular weight excluding hydrogens is 386 g/mol. The summed E-state index contributed by atoms with van der Waals surface area (Å²) < 4.78 is 0. The number of aliphatic hydroxyl groups is 1. The van der Waals surface area contributed by atoms with E-state index in [1.54, 1.807) is 0 Å². The van der Waals surface area contributed by atoms with E-state index in [2.05, 4.69) is 74.6 Å². The van der Waals surface area contributed by atoms with Crippen LogP contribution < -0.4 is 10.2 Å². The average molecular weight is 424 g/mol. The van der Waals surface area contributed by atoms with E-state index >= 15 is 0 Å². The molecule has 1 aliphatic rings. The van der Waals surface area contributed by atoms with Crippen molar-refractivity contribution in [3.05, 3.63) is 53.8 Å². The summed E-state index contributed by atoms with van der Waals surface area (Å²) in [7, 11) is 1.98. The quantitative estimate of drug-likeness (QED) is 0.550. The summed E-state index contributed by atoms with van der Waals surface area (Å²) in [6, 6.07) is 3.55. The number of hydrogen-bond donors (Lipinski definition) is 3. The zero-order chi connectivity index (χ0) is 22.9. The Morgan fingerprint density at radius 1 is 1.35 bits per heavy atom. The zero-order valence-corrected chi connectivity index (χ0v) is 19.7. The molecule has 0 fully saturated rings. The second-order valence-corrected chi connectivity index (χ2v) is 9.61. The number of amides is 1. The topological polar surface area (TPSA) is 68.4 Å². The van der Waals surface area contributed by atoms with Crippen molar-refractivity contribution in [2.75, 3.05) is 18.6 Å². The standard InChI is InChI=1S/C26H37N3O2/c1-8-26(6,13-9-10-16(2)3)19-11-12-21-22-18(14-27-23(19)22)20(15-30)28-25(31)24(17(4)5)29(21)7/h8,10-12,14,17,20,24,27,30H,1,9,13,15H2,2-7H3,(H,28,31). The number of H-pyrrole nitrogens is 1. The van der Waals surface area contributed by atoms with Gasteiger partial charge in [-0.25, -0.2) is 0 Å². The Bertz CT molecular complexity index is 999. The first-order valence-corrected chi connectivity index (χ1v) is 11.2. The fraction of sp³-hybridized carbons (Fsp3) is 0.500. The normalized spacial score (nSPS) is 20.8. The highest BCUT2D eigenvalue weighted by molar-refractivity contribution is 6.01. The summed E-state index contributed by atoms with van der Waals surface area (Å²) in [6.07, 6.45) is 8.17. The summed E-state index contributed by atoms with van der Waals surface area (Å²) in [5, 5.41) is 14.2. The molecule has 2 heterocycles. The highest BCUT2D eigenvalue weighted by Gasteiger charge is 2.35. The molecule has 0 radical (unpaired) electrons. The summed E-state index contributed by atoms with van der Waals surface area (Å²) in [5.41, 5.74) is 5.29. The fourth-order valence-electron chi connectivity index (χ4n) is 4.86. The van der Waals surface area contributed by atoms with Gasteiger partial charge in [-0.05, 0) is 44.2 Å². The van der Waals surface area contributed by atoms with Crippen molar-refractivity contribution in [2.24, 2.45) is 5.92 Å². The molecule has 3 rings (SSSR count). The number of hydrogen-bond acceptors (Lipinski definition) is 3. The first kappa shape index (κ1) is 23.1. The van der Waals surface area contributed by atoms with Crippen molar-refractivity contribution >= 4 is 22.5 Å². The lowest BCUT2D eigenvalue weighted by Crippen LogP contribution is -2.51. The maximum Gasteiger partial charge on any atom is 0.243 e. The molecule has 2 aromatic rings. The molecule has 3 N–H and O–H groups in total. The van der Waals surface area contributed by atoms with E-state index in [0.29, 0.717) is 0 Å². The molecule has 0 aliphatic carbocycles. The van der Waals surface area contributed by atoms with Gasteiger partial charge in [0.25, 0.3) is 0 Å². The number of aromatic nitrogens is 1. The van der Waals surface area contributed by atoms with Gasteiger partial charge < -0.3 is 20.3 Å². The van der Waals surface area contributed by atoms with E-state index in [4.69, 9.17) is 0 Å². The van der Waals surface area contributed by atoms with Crippen molar-refractivity contribution in [3.8, 4) is 0 Å². The number of aliphatic hydroxyl groups excluding tert-OH is 1. The molecule has 1 amide bonds. The lowest BCUT2D eigenvalue weighted by atomic mass is 9.77. The lowest BCUT2D eigenvalue weighted by Gasteiger charge is -2.37. The zero-order valence-electron chi connectivity index (χ0n) is 19.7. The first-order valence-electron chi connectivity index (χ1n) is 11.2. The van der Waals surface area contributed by atoms with Gasteiger partial charge in [-0.15, -0.1) is 6.58 Å². The third-order valence-electron chi connectivity index (χ3n) is 6.70. The summed E-state index contributed by atoms with van der Waals surface area (Å²) in [4.78, 5) is 18.5. The number of anilines is 1. The third-order valence-corrected chi connectivity index (χ3v) is 6.70. The van der Waals surface area contributed by atoms with E-state index in [0.717, 1.165) is 35.0 Å². The molecule has 3 unspecified atom stereocenters. The van der Waals surface area contributed by atoms with E-state index in [-0.39, 0.29) is 29.9 Å². The number of nitrogens with zero attached hydrogens (tertiary/aromatic N) is 1. The summed E-state index contributed by atoms with van der Waals surface area (Å²) in [6.45, 7) is 14.6. The molecule has 0 bridgehead atoms. The van der Waals surface area contributed by atoms with Gasteiger partial charge in [0.15, 0.2) is 0 Å². The van der Waals surface area contributed by atoms with Crippen molar-refractivity contribution in [3.63, 3.8) is 0 Å². The Balaban J connectivity index is 2.22. The third kappa shape index (κ3) is 4.16. The van der Waals surface area contributed by atoms with Crippen LogP contribution in [0.4, 0.5) is 5.69 Å².